The van der Waals surface area contributed by atoms with Crippen molar-refractivity contribution in [2.45, 2.75) is 51.2 Å². The first kappa shape index (κ1) is 23.5. The summed E-state index contributed by atoms with van der Waals surface area (Å²) in [6, 6.07) is 4.04. The fourth-order valence-corrected chi connectivity index (χ4v) is 5.16. The zero-order chi connectivity index (χ0) is 21.6. The maximum atomic E-state index is 12.6. The first-order valence-electron chi connectivity index (χ1n) is 10.1. The number of hydrogen-bond donors (Lipinski definition) is 1. The summed E-state index contributed by atoms with van der Waals surface area (Å²) < 4.78 is 32.3. The highest BCUT2D eigenvalue weighted by Gasteiger charge is 2.26. The molecule has 0 aromatic heterocycles. The van der Waals surface area contributed by atoms with Gasteiger partial charge in [-0.2, -0.15) is 4.31 Å². The van der Waals surface area contributed by atoms with Crippen LogP contribution < -0.4 is 5.32 Å². The molecule has 1 aromatic rings. The minimum Gasteiger partial charge on any atom is -0.379 e. The third-order valence-electron chi connectivity index (χ3n) is 4.97. The van der Waals surface area contributed by atoms with E-state index in [2.05, 4.69) is 24.1 Å². The van der Waals surface area contributed by atoms with Crippen LogP contribution >= 0.6 is 0 Å². The molecule has 0 amide bonds. The van der Waals surface area contributed by atoms with Crippen molar-refractivity contribution in [2.75, 3.05) is 44.6 Å². The van der Waals surface area contributed by atoms with E-state index < -0.39 is 14.9 Å². The topological polar surface area (TPSA) is 105 Å². The molecule has 0 spiro atoms. The maximum absolute atomic E-state index is 12.6. The van der Waals surface area contributed by atoms with E-state index in [1.807, 2.05) is 0 Å². The zero-order valence-electron chi connectivity index (χ0n) is 17.6. The largest absolute Gasteiger partial charge is 0.379 e. The van der Waals surface area contributed by atoms with Crippen LogP contribution in [0.2, 0.25) is 0 Å². The van der Waals surface area contributed by atoms with Gasteiger partial charge < -0.3 is 10.1 Å². The second kappa shape index (κ2) is 10.3. The Morgan fingerprint density at radius 1 is 1.24 bits per heavy atom. The highest BCUT2D eigenvalue weighted by molar-refractivity contribution is 7.89. The second-order valence-electron chi connectivity index (χ2n) is 7.32. The number of nitrogens with zero attached hydrogens (tertiary/aromatic N) is 3. The van der Waals surface area contributed by atoms with Gasteiger partial charge in [0.2, 0.25) is 10.0 Å². The zero-order valence-corrected chi connectivity index (χ0v) is 18.4. The number of sulfonamides is 1. The molecule has 2 atom stereocenters. The Hall–Kier alpha value is -1.75. The van der Waals surface area contributed by atoms with Crippen molar-refractivity contribution in [1.82, 2.24) is 9.21 Å². The summed E-state index contributed by atoms with van der Waals surface area (Å²) in [5.74, 6) is 0. The van der Waals surface area contributed by atoms with Crippen molar-refractivity contribution in [2.24, 2.45) is 0 Å². The molecular weight excluding hydrogens is 396 g/mol. The third-order valence-corrected chi connectivity index (χ3v) is 7.02. The van der Waals surface area contributed by atoms with Crippen LogP contribution in [0, 0.1) is 10.1 Å². The first-order chi connectivity index (χ1) is 13.7. The average Bonchev–Trinajstić information content (AvgIpc) is 2.65. The molecule has 1 saturated heterocycles. The van der Waals surface area contributed by atoms with Gasteiger partial charge in [-0.1, -0.05) is 13.8 Å². The lowest BCUT2D eigenvalue weighted by molar-refractivity contribution is -0.384. The monoisotopic (exact) mass is 428 g/mol. The minimum absolute atomic E-state index is 0.0604. The van der Waals surface area contributed by atoms with Gasteiger partial charge in [0.25, 0.3) is 5.69 Å². The van der Waals surface area contributed by atoms with Crippen LogP contribution in [0.3, 0.4) is 0 Å². The van der Waals surface area contributed by atoms with Crippen LogP contribution in [0.1, 0.15) is 34.1 Å². The van der Waals surface area contributed by atoms with Gasteiger partial charge in [0.1, 0.15) is 5.69 Å². The van der Waals surface area contributed by atoms with E-state index in [1.54, 1.807) is 13.8 Å². The fourth-order valence-electron chi connectivity index (χ4n) is 3.68. The van der Waals surface area contributed by atoms with Crippen molar-refractivity contribution in [3.63, 3.8) is 0 Å². The number of morpholine rings is 1. The van der Waals surface area contributed by atoms with E-state index in [4.69, 9.17) is 4.74 Å². The standard InChI is InChI=1S/C19H32N4O5S/c1-5-22(6-2)29(26,27)17-8-9-18(19(12-17)23(24)25)20-10-7-11-21-13-15(3)28-16(4)14-21/h8-9,12,15-16,20H,5-7,10-11,13-14H2,1-4H3. The van der Waals surface area contributed by atoms with E-state index in [9.17, 15) is 18.5 Å². The SMILES string of the molecule is CCN(CC)S(=O)(=O)c1ccc(NCCCN2CC(C)OC(C)C2)c([N+](=O)[O-])c1. The van der Waals surface area contributed by atoms with Crippen LogP contribution in [0.15, 0.2) is 23.1 Å². The van der Waals surface area contributed by atoms with Crippen LogP contribution in [0.25, 0.3) is 0 Å². The van der Waals surface area contributed by atoms with Crippen molar-refractivity contribution in [1.29, 1.82) is 0 Å². The van der Waals surface area contributed by atoms with E-state index in [0.29, 0.717) is 25.3 Å². The van der Waals surface area contributed by atoms with Crippen molar-refractivity contribution >= 4 is 21.4 Å². The Kier molecular flexibility index (Phi) is 8.38. The molecule has 0 radical (unpaired) electrons. The predicted octanol–water partition coefficient (Wildman–Crippen LogP) is 2.54. The number of nitrogens with one attached hydrogen (secondary N) is 1. The van der Waals surface area contributed by atoms with Crippen LogP contribution in [0.4, 0.5) is 11.4 Å². The summed E-state index contributed by atoms with van der Waals surface area (Å²) in [5.41, 5.74) is 0.101. The van der Waals surface area contributed by atoms with E-state index in [1.165, 1.54) is 16.4 Å². The Labute approximate surface area is 173 Å². The predicted molar refractivity (Wildman–Crippen MR) is 113 cm³/mol. The smallest absolute Gasteiger partial charge is 0.293 e. The second-order valence-corrected chi connectivity index (χ2v) is 9.26. The molecule has 2 rings (SSSR count). The molecule has 1 fully saturated rings. The molecule has 0 saturated carbocycles. The molecule has 29 heavy (non-hydrogen) atoms. The molecule has 10 heteroatoms. The first-order valence-corrected chi connectivity index (χ1v) is 11.5. The number of benzene rings is 1. The van der Waals surface area contributed by atoms with Crippen molar-refractivity contribution in [3.8, 4) is 0 Å². The van der Waals surface area contributed by atoms with Crippen molar-refractivity contribution in [3.05, 3.63) is 28.3 Å². The van der Waals surface area contributed by atoms with Gasteiger partial charge in [0, 0.05) is 45.3 Å². The van der Waals surface area contributed by atoms with Crippen LogP contribution in [-0.4, -0.2) is 74.0 Å². The van der Waals surface area contributed by atoms with Gasteiger partial charge in [0.15, 0.2) is 0 Å². The molecule has 0 bridgehead atoms. The van der Waals surface area contributed by atoms with E-state index >= 15 is 0 Å². The molecule has 0 aliphatic carbocycles. The Morgan fingerprint density at radius 2 is 1.86 bits per heavy atom. The Bertz CT molecular complexity index is 788. The van der Waals surface area contributed by atoms with E-state index in [0.717, 1.165) is 32.1 Å². The number of anilines is 1. The highest BCUT2D eigenvalue weighted by Crippen LogP contribution is 2.29. The molecule has 2 unspecified atom stereocenters. The van der Waals surface area contributed by atoms with Gasteiger partial charge >= 0.3 is 0 Å². The molecule has 1 N–H and O–H groups in total. The number of hydrogen-bond acceptors (Lipinski definition) is 7. The van der Waals surface area contributed by atoms with Crippen LogP contribution in [0.5, 0.6) is 0 Å². The lowest BCUT2D eigenvalue weighted by atomic mass is 10.2. The lowest BCUT2D eigenvalue weighted by Gasteiger charge is -2.35. The number of nitro benzene ring substituents is 1. The molecule has 9 nitrogen and oxygen atoms in total. The van der Waals surface area contributed by atoms with Gasteiger partial charge in [0.05, 0.1) is 22.0 Å². The fraction of sp³-hybridized carbons (Fsp3) is 0.684. The molecular formula is C19H32N4O5S. The number of rotatable bonds is 10. The minimum atomic E-state index is -3.74. The number of nitro groups is 1. The summed E-state index contributed by atoms with van der Waals surface area (Å²) in [6.45, 7) is 11.4. The summed E-state index contributed by atoms with van der Waals surface area (Å²) in [7, 11) is -3.74. The summed E-state index contributed by atoms with van der Waals surface area (Å²) >= 11 is 0. The van der Waals surface area contributed by atoms with Crippen LogP contribution in [-0.2, 0) is 14.8 Å². The van der Waals surface area contributed by atoms with Crippen molar-refractivity contribution < 1.29 is 18.1 Å². The van der Waals surface area contributed by atoms with E-state index in [-0.39, 0.29) is 22.8 Å². The van der Waals surface area contributed by atoms with Gasteiger partial charge in [-0.15, -0.1) is 0 Å². The summed E-state index contributed by atoms with van der Waals surface area (Å²) in [6.07, 6.45) is 1.22. The molecule has 164 valence electrons. The Morgan fingerprint density at radius 3 is 2.41 bits per heavy atom. The molecule has 1 aliphatic rings. The lowest BCUT2D eigenvalue weighted by Crippen LogP contribution is -2.45. The maximum Gasteiger partial charge on any atom is 0.293 e. The molecule has 1 aromatic carbocycles. The average molecular weight is 429 g/mol. The third kappa shape index (κ3) is 6.11. The summed E-state index contributed by atoms with van der Waals surface area (Å²) in [5, 5.41) is 14.6. The Balaban J connectivity index is 2.03. The normalized spacial score (nSPS) is 20.7. The van der Waals surface area contributed by atoms with Gasteiger partial charge in [-0.05, 0) is 32.4 Å². The quantitative estimate of drug-likeness (QED) is 0.347. The summed E-state index contributed by atoms with van der Waals surface area (Å²) in [4.78, 5) is 13.2. The highest BCUT2D eigenvalue weighted by atomic mass is 32.2. The van der Waals surface area contributed by atoms with Gasteiger partial charge in [-0.3, -0.25) is 15.0 Å². The molecule has 1 heterocycles. The molecule has 1 aliphatic heterocycles. The number of ether oxygens (including phenoxy) is 1. The van der Waals surface area contributed by atoms with Gasteiger partial charge in [-0.25, -0.2) is 8.42 Å².